The summed E-state index contributed by atoms with van der Waals surface area (Å²) < 4.78 is 4.95. The van der Waals surface area contributed by atoms with Gasteiger partial charge in [0.05, 0.1) is 17.6 Å². The molecule has 0 amide bonds. The highest BCUT2D eigenvalue weighted by molar-refractivity contribution is 5.97. The van der Waals surface area contributed by atoms with Crippen molar-refractivity contribution in [2.24, 2.45) is 0 Å². The minimum atomic E-state index is -1.32. The van der Waals surface area contributed by atoms with E-state index in [0.29, 0.717) is 5.75 Å². The molecule has 0 bridgehead atoms. The number of hydrogen-bond acceptors (Lipinski definition) is 5. The number of aromatic carboxylic acids is 1. The van der Waals surface area contributed by atoms with Crippen molar-refractivity contribution in [1.82, 2.24) is 0 Å². The van der Waals surface area contributed by atoms with Gasteiger partial charge in [0.2, 0.25) is 0 Å². The number of ether oxygens (including phenoxy) is 1. The number of carboxylic acids is 1. The highest BCUT2D eigenvalue weighted by atomic mass is 16.6. The predicted molar refractivity (Wildman–Crippen MR) is 73.7 cm³/mol. The Morgan fingerprint density at radius 3 is 2.38 bits per heavy atom. The lowest BCUT2D eigenvalue weighted by atomic mass is 9.98. The second-order valence-corrected chi connectivity index (χ2v) is 4.18. The number of phenolic OH excluding ortho intramolecular Hbond substituents is 1. The number of nitro groups is 1. The van der Waals surface area contributed by atoms with Crippen molar-refractivity contribution in [2.45, 2.75) is 0 Å². The van der Waals surface area contributed by atoms with E-state index in [9.17, 15) is 25.1 Å². The molecule has 0 aliphatic rings. The van der Waals surface area contributed by atoms with E-state index in [0.717, 1.165) is 6.07 Å². The lowest BCUT2D eigenvalue weighted by molar-refractivity contribution is -0.384. The maximum atomic E-state index is 11.3. The fourth-order valence-electron chi connectivity index (χ4n) is 1.92. The van der Waals surface area contributed by atoms with Crippen LogP contribution in [0.4, 0.5) is 5.69 Å². The second kappa shape index (κ2) is 5.49. The van der Waals surface area contributed by atoms with E-state index in [2.05, 4.69) is 0 Å². The molecule has 0 atom stereocenters. The molecule has 7 heteroatoms. The number of nitro benzene ring substituents is 1. The number of non-ortho nitro benzene ring substituents is 1. The number of carboxylic acid groups (broad SMARTS) is 1. The summed E-state index contributed by atoms with van der Waals surface area (Å²) in [5.41, 5.74) is -0.148. The summed E-state index contributed by atoms with van der Waals surface area (Å²) >= 11 is 0. The van der Waals surface area contributed by atoms with Gasteiger partial charge in [-0.25, -0.2) is 4.79 Å². The lowest BCUT2D eigenvalue weighted by Gasteiger charge is -2.09. The number of rotatable bonds is 4. The Balaban J connectivity index is 2.63. The highest BCUT2D eigenvalue weighted by Gasteiger charge is 2.19. The van der Waals surface area contributed by atoms with Crippen molar-refractivity contribution in [2.75, 3.05) is 7.11 Å². The molecule has 2 N–H and O–H groups in total. The molecule has 0 saturated heterocycles. The number of benzene rings is 2. The maximum Gasteiger partial charge on any atom is 0.336 e. The Hall–Kier alpha value is -3.09. The first kappa shape index (κ1) is 14.3. The molecule has 108 valence electrons. The molecule has 2 aromatic carbocycles. The van der Waals surface area contributed by atoms with Crippen LogP contribution in [0.2, 0.25) is 0 Å². The fraction of sp³-hybridized carbons (Fsp3) is 0.0714. The number of aromatic hydroxyl groups is 1. The zero-order valence-corrected chi connectivity index (χ0v) is 10.9. The Morgan fingerprint density at radius 1 is 1.19 bits per heavy atom. The van der Waals surface area contributed by atoms with Crippen LogP contribution in [-0.4, -0.2) is 28.2 Å². The smallest absolute Gasteiger partial charge is 0.336 e. The standard InChI is InChI=1S/C14H11NO6/c1-21-9-3-5-11(13(16)7-9)10-4-2-8(15(19)20)6-12(10)14(17)18/h2-7,16H,1H3,(H,17,18). The summed E-state index contributed by atoms with van der Waals surface area (Å²) in [5.74, 6) is -1.08. The number of phenols is 1. The summed E-state index contributed by atoms with van der Waals surface area (Å²) in [7, 11) is 1.43. The van der Waals surface area contributed by atoms with Crippen molar-refractivity contribution < 1.29 is 24.7 Å². The Bertz CT molecular complexity index is 725. The molecular weight excluding hydrogens is 278 g/mol. The molecule has 0 aromatic heterocycles. The van der Waals surface area contributed by atoms with Crippen LogP contribution in [0.5, 0.6) is 11.5 Å². The van der Waals surface area contributed by atoms with Crippen LogP contribution in [-0.2, 0) is 0 Å². The highest BCUT2D eigenvalue weighted by Crippen LogP contribution is 2.35. The Morgan fingerprint density at radius 2 is 1.86 bits per heavy atom. The maximum absolute atomic E-state index is 11.3. The molecule has 0 fully saturated rings. The minimum absolute atomic E-state index is 0.175. The van der Waals surface area contributed by atoms with E-state index in [1.54, 1.807) is 6.07 Å². The summed E-state index contributed by atoms with van der Waals surface area (Å²) in [5, 5.41) is 29.9. The topological polar surface area (TPSA) is 110 Å². The molecule has 0 saturated carbocycles. The van der Waals surface area contributed by atoms with Crippen LogP contribution < -0.4 is 4.74 Å². The van der Waals surface area contributed by atoms with Gasteiger partial charge in [-0.1, -0.05) is 0 Å². The van der Waals surface area contributed by atoms with Crippen LogP contribution in [0.3, 0.4) is 0 Å². The third-order valence-electron chi connectivity index (χ3n) is 2.94. The first-order valence-electron chi connectivity index (χ1n) is 5.83. The molecule has 0 radical (unpaired) electrons. The van der Waals surface area contributed by atoms with Crippen molar-refractivity contribution in [3.63, 3.8) is 0 Å². The molecule has 2 rings (SSSR count). The van der Waals surface area contributed by atoms with Gasteiger partial charge >= 0.3 is 5.97 Å². The number of carbonyl (C=O) groups is 1. The van der Waals surface area contributed by atoms with Crippen molar-refractivity contribution >= 4 is 11.7 Å². The van der Waals surface area contributed by atoms with Gasteiger partial charge in [-0.05, 0) is 18.2 Å². The summed E-state index contributed by atoms with van der Waals surface area (Å²) in [6.07, 6.45) is 0. The van der Waals surface area contributed by atoms with Crippen LogP contribution in [0.1, 0.15) is 10.4 Å². The van der Waals surface area contributed by atoms with Gasteiger partial charge in [-0.2, -0.15) is 0 Å². The van der Waals surface area contributed by atoms with Crippen LogP contribution in [0.15, 0.2) is 36.4 Å². The molecule has 0 spiro atoms. The van der Waals surface area contributed by atoms with Gasteiger partial charge < -0.3 is 14.9 Å². The molecule has 0 heterocycles. The largest absolute Gasteiger partial charge is 0.507 e. The second-order valence-electron chi connectivity index (χ2n) is 4.18. The lowest BCUT2D eigenvalue weighted by Crippen LogP contribution is -2.01. The van der Waals surface area contributed by atoms with Gasteiger partial charge in [0.25, 0.3) is 5.69 Å². The molecule has 0 aliphatic carbocycles. The molecule has 7 nitrogen and oxygen atoms in total. The average molecular weight is 289 g/mol. The first-order chi connectivity index (χ1) is 9.93. The van der Waals surface area contributed by atoms with Gasteiger partial charge in [0, 0.05) is 29.3 Å². The van der Waals surface area contributed by atoms with E-state index in [-0.39, 0.29) is 28.1 Å². The van der Waals surface area contributed by atoms with E-state index in [1.165, 1.54) is 31.4 Å². The summed E-state index contributed by atoms with van der Waals surface area (Å²) in [6, 6.07) is 7.82. The molecular formula is C14H11NO6. The molecule has 0 unspecified atom stereocenters. The fourth-order valence-corrected chi connectivity index (χ4v) is 1.92. The van der Waals surface area contributed by atoms with E-state index >= 15 is 0 Å². The van der Waals surface area contributed by atoms with E-state index < -0.39 is 10.9 Å². The summed E-state index contributed by atoms with van der Waals surface area (Å²) in [4.78, 5) is 21.3. The van der Waals surface area contributed by atoms with Crippen LogP contribution in [0, 0.1) is 10.1 Å². The molecule has 21 heavy (non-hydrogen) atoms. The minimum Gasteiger partial charge on any atom is -0.507 e. The average Bonchev–Trinajstić information content (AvgIpc) is 2.46. The monoisotopic (exact) mass is 289 g/mol. The third-order valence-corrected chi connectivity index (χ3v) is 2.94. The van der Waals surface area contributed by atoms with Gasteiger partial charge in [0.1, 0.15) is 11.5 Å². The summed E-state index contributed by atoms with van der Waals surface area (Å²) in [6.45, 7) is 0. The van der Waals surface area contributed by atoms with Crippen molar-refractivity contribution in [1.29, 1.82) is 0 Å². The van der Waals surface area contributed by atoms with Gasteiger partial charge in [-0.3, -0.25) is 10.1 Å². The van der Waals surface area contributed by atoms with Gasteiger partial charge in [-0.15, -0.1) is 0 Å². The van der Waals surface area contributed by atoms with Crippen molar-refractivity contribution in [3.05, 3.63) is 52.1 Å². The normalized spacial score (nSPS) is 10.1. The molecule has 2 aromatic rings. The predicted octanol–water partition coefficient (Wildman–Crippen LogP) is 2.67. The van der Waals surface area contributed by atoms with Crippen LogP contribution in [0.25, 0.3) is 11.1 Å². The van der Waals surface area contributed by atoms with E-state index in [1.807, 2.05) is 0 Å². The number of methoxy groups -OCH3 is 1. The quantitative estimate of drug-likeness (QED) is 0.661. The van der Waals surface area contributed by atoms with Gasteiger partial charge in [0.15, 0.2) is 0 Å². The SMILES string of the molecule is COc1ccc(-c2ccc([N+](=O)[O-])cc2C(=O)O)c(O)c1. The van der Waals surface area contributed by atoms with E-state index in [4.69, 9.17) is 4.74 Å². The number of hydrogen-bond donors (Lipinski definition) is 2. The van der Waals surface area contributed by atoms with Crippen molar-refractivity contribution in [3.8, 4) is 22.6 Å². The zero-order valence-electron chi connectivity index (χ0n) is 10.9. The zero-order chi connectivity index (χ0) is 15.6. The van der Waals surface area contributed by atoms with Crippen LogP contribution >= 0.6 is 0 Å². The third kappa shape index (κ3) is 2.76. The number of nitrogens with zero attached hydrogens (tertiary/aromatic N) is 1. The Kier molecular flexibility index (Phi) is 3.75. The first-order valence-corrected chi connectivity index (χ1v) is 5.83. The Labute approximate surface area is 119 Å². The molecule has 0 aliphatic heterocycles.